The number of aliphatic hydroxyl groups is 1. The number of nitrogens with one attached hydrogen (secondary N) is 4. The number of hydrogen-bond acceptors (Lipinski definition) is 12. The van der Waals surface area contributed by atoms with Crippen molar-refractivity contribution in [2.45, 2.75) is 83.4 Å². The number of amides is 3. The maximum Gasteiger partial charge on any atom is 0.472 e. The van der Waals surface area contributed by atoms with Crippen LogP contribution in [0.1, 0.15) is 58.2 Å². The van der Waals surface area contributed by atoms with E-state index < -0.39 is 74.3 Å². The summed E-state index contributed by atoms with van der Waals surface area (Å²) in [5.74, 6) is -0.500. The van der Waals surface area contributed by atoms with E-state index in [9.17, 15) is 38.5 Å². The molecule has 2 heterocycles. The Kier molecular flexibility index (Phi) is 15.0. The molecular formula is C25H42N5O13P. The number of phosphoric acid groups is 1. The van der Waals surface area contributed by atoms with Crippen LogP contribution >= 0.6 is 7.82 Å². The summed E-state index contributed by atoms with van der Waals surface area (Å²) in [5.41, 5.74) is -1.42. The average molecular weight is 652 g/mol. The Morgan fingerprint density at radius 3 is 2.34 bits per heavy atom. The molecule has 3 amide bonds. The highest BCUT2D eigenvalue weighted by Crippen LogP contribution is 2.47. The van der Waals surface area contributed by atoms with Crippen LogP contribution in [0.25, 0.3) is 0 Å². The molecule has 19 heteroatoms. The van der Waals surface area contributed by atoms with E-state index in [0.717, 1.165) is 11.7 Å². The zero-order chi connectivity index (χ0) is 32.9. The molecule has 0 aromatic carbocycles. The number of carbonyl (C=O) groups is 3. The largest absolute Gasteiger partial charge is 0.472 e. The minimum atomic E-state index is -4.42. The van der Waals surface area contributed by atoms with E-state index >= 15 is 0 Å². The summed E-state index contributed by atoms with van der Waals surface area (Å²) >= 11 is 0. The Morgan fingerprint density at radius 2 is 1.77 bits per heavy atom. The average Bonchev–Trinajstić information content (AvgIpc) is 3.35. The molecule has 4 unspecified atom stereocenters. The Hall–Kier alpha value is -3.28. The van der Waals surface area contributed by atoms with Crippen LogP contribution < -0.4 is 27.2 Å². The fraction of sp³-hybridized carbons (Fsp3) is 0.720. The number of aliphatic hydroxyl groups excluding tert-OH is 1. The van der Waals surface area contributed by atoms with Crippen LogP contribution in [-0.4, -0.2) is 95.4 Å². The molecule has 0 bridgehead atoms. The molecule has 18 nitrogen and oxygen atoms in total. The Morgan fingerprint density at radius 1 is 1.14 bits per heavy atom. The number of nitrogens with zero attached hydrogens (tertiary/aromatic N) is 1. The lowest BCUT2D eigenvalue weighted by Gasteiger charge is -2.28. The van der Waals surface area contributed by atoms with E-state index in [0.29, 0.717) is 12.8 Å². The van der Waals surface area contributed by atoms with Crippen molar-refractivity contribution in [1.29, 1.82) is 0 Å². The molecule has 1 fully saturated rings. The summed E-state index contributed by atoms with van der Waals surface area (Å²) in [6, 6.07) is -1.49. The van der Waals surface area contributed by atoms with Crippen LogP contribution in [0.5, 0.6) is 0 Å². The zero-order valence-electron chi connectivity index (χ0n) is 25.1. The minimum Gasteiger partial charge on any atom is -0.450 e. The summed E-state index contributed by atoms with van der Waals surface area (Å²) in [7, 11) is -3.45. The standard InChI is InChI=1S/C25H42N5O13P/c1-5-8-16(27-24(35)40-6-2)17(28-25(36)41-7-3)11-20(32)26-10-9-15-13-30(23(34)29-22(15)33)21-12-18(19(14-31)42-21)43-44(37,38)39-4/h13,16-19,21,31H,5-12,14H2,1-4H3,(H,26,32)(H,27,35)(H,28,36)(H,37,38)(H,29,33,34)/t16?,17?,18?,19-,21-/m0/s1. The van der Waals surface area contributed by atoms with Gasteiger partial charge in [0.2, 0.25) is 5.91 Å². The molecule has 250 valence electrons. The highest BCUT2D eigenvalue weighted by atomic mass is 31.2. The monoisotopic (exact) mass is 651 g/mol. The fourth-order valence-corrected chi connectivity index (χ4v) is 5.17. The lowest BCUT2D eigenvalue weighted by Crippen LogP contribution is -2.53. The van der Waals surface area contributed by atoms with Crippen LogP contribution in [0, 0.1) is 0 Å². The lowest BCUT2D eigenvalue weighted by atomic mass is 10.00. The molecule has 1 aromatic heterocycles. The fourth-order valence-electron chi connectivity index (χ4n) is 4.51. The molecular weight excluding hydrogens is 609 g/mol. The van der Waals surface area contributed by atoms with Crippen molar-refractivity contribution in [1.82, 2.24) is 25.5 Å². The third kappa shape index (κ3) is 11.3. The Balaban J connectivity index is 2.11. The predicted octanol–water partition coefficient (Wildman–Crippen LogP) is 0.0267. The highest BCUT2D eigenvalue weighted by Gasteiger charge is 2.41. The van der Waals surface area contributed by atoms with Gasteiger partial charge in [0.25, 0.3) is 5.56 Å². The van der Waals surface area contributed by atoms with Gasteiger partial charge < -0.3 is 40.2 Å². The molecule has 6 atom stereocenters. The van der Waals surface area contributed by atoms with E-state index in [-0.39, 0.29) is 44.6 Å². The van der Waals surface area contributed by atoms with Gasteiger partial charge in [0.05, 0.1) is 31.9 Å². The van der Waals surface area contributed by atoms with Crippen molar-refractivity contribution in [3.63, 3.8) is 0 Å². The molecule has 44 heavy (non-hydrogen) atoms. The molecule has 1 aromatic rings. The van der Waals surface area contributed by atoms with Crippen LogP contribution in [0.15, 0.2) is 15.8 Å². The number of rotatable bonds is 17. The number of H-pyrrole nitrogens is 1. The molecule has 0 spiro atoms. The molecule has 1 aliphatic rings. The number of hydrogen-bond donors (Lipinski definition) is 6. The van der Waals surface area contributed by atoms with Gasteiger partial charge in [-0.25, -0.2) is 18.9 Å². The van der Waals surface area contributed by atoms with E-state index in [4.69, 9.17) is 18.7 Å². The van der Waals surface area contributed by atoms with Crippen LogP contribution in [0.4, 0.5) is 9.59 Å². The first kappa shape index (κ1) is 36.9. The normalized spacial score (nSPS) is 20.6. The van der Waals surface area contributed by atoms with Gasteiger partial charge in [-0.3, -0.25) is 28.2 Å². The molecule has 0 saturated carbocycles. The van der Waals surface area contributed by atoms with E-state index in [2.05, 4.69) is 25.5 Å². The van der Waals surface area contributed by atoms with Gasteiger partial charge in [-0.15, -0.1) is 0 Å². The van der Waals surface area contributed by atoms with Crippen LogP contribution in [-0.2, 0) is 39.0 Å². The zero-order valence-corrected chi connectivity index (χ0v) is 26.0. The van der Waals surface area contributed by atoms with Gasteiger partial charge >= 0.3 is 25.7 Å². The first-order chi connectivity index (χ1) is 20.9. The number of aromatic amines is 1. The highest BCUT2D eigenvalue weighted by molar-refractivity contribution is 7.47. The van der Waals surface area contributed by atoms with Crippen molar-refractivity contribution in [2.24, 2.45) is 0 Å². The number of ether oxygens (including phenoxy) is 3. The predicted molar refractivity (Wildman–Crippen MR) is 153 cm³/mol. The Bertz CT molecular complexity index is 1270. The van der Waals surface area contributed by atoms with Gasteiger partial charge in [0, 0.05) is 38.3 Å². The first-order valence-electron chi connectivity index (χ1n) is 14.2. The summed E-state index contributed by atoms with van der Waals surface area (Å²) in [6.45, 7) is 4.75. The van der Waals surface area contributed by atoms with Crippen molar-refractivity contribution < 1.29 is 52.2 Å². The topological polar surface area (TPSA) is 246 Å². The lowest BCUT2D eigenvalue weighted by molar-refractivity contribution is -0.121. The van der Waals surface area contributed by atoms with Crippen molar-refractivity contribution in [2.75, 3.05) is 33.5 Å². The number of alkyl carbamates (subject to hydrolysis) is 2. The number of carbonyl (C=O) groups excluding carboxylic acids is 3. The maximum absolute atomic E-state index is 12.9. The van der Waals surface area contributed by atoms with Crippen molar-refractivity contribution >= 4 is 25.9 Å². The third-order valence-electron chi connectivity index (χ3n) is 6.58. The maximum atomic E-state index is 12.9. The van der Waals surface area contributed by atoms with E-state index in [1.165, 1.54) is 6.20 Å². The van der Waals surface area contributed by atoms with Crippen molar-refractivity contribution in [3.8, 4) is 0 Å². The van der Waals surface area contributed by atoms with Gasteiger partial charge in [-0.1, -0.05) is 13.3 Å². The molecule has 1 saturated heterocycles. The first-order valence-corrected chi connectivity index (χ1v) is 15.7. The summed E-state index contributed by atoms with van der Waals surface area (Å²) in [6.07, 6.45) is -2.74. The second-order valence-corrected chi connectivity index (χ2v) is 11.2. The van der Waals surface area contributed by atoms with Crippen LogP contribution in [0.2, 0.25) is 0 Å². The second-order valence-electron chi connectivity index (χ2n) is 9.70. The molecule has 1 aliphatic heterocycles. The van der Waals surface area contributed by atoms with Gasteiger partial charge in [0.15, 0.2) is 0 Å². The minimum absolute atomic E-state index is 0.0115. The quantitative estimate of drug-likeness (QED) is 0.122. The number of phosphoric ester groups is 1. The number of aromatic nitrogens is 2. The smallest absolute Gasteiger partial charge is 0.450 e. The molecule has 0 aliphatic carbocycles. The third-order valence-corrected chi connectivity index (χ3v) is 7.57. The van der Waals surface area contributed by atoms with Gasteiger partial charge in [0.1, 0.15) is 18.4 Å². The summed E-state index contributed by atoms with van der Waals surface area (Å²) < 4.78 is 37.8. The molecule has 2 rings (SSSR count). The summed E-state index contributed by atoms with van der Waals surface area (Å²) in [4.78, 5) is 73.9. The second kappa shape index (κ2) is 17.9. The van der Waals surface area contributed by atoms with Gasteiger partial charge in [-0.2, -0.15) is 0 Å². The Labute approximate surface area is 253 Å². The van der Waals surface area contributed by atoms with Crippen molar-refractivity contribution in [3.05, 3.63) is 32.6 Å². The molecule has 0 radical (unpaired) electrons. The van der Waals surface area contributed by atoms with Gasteiger partial charge in [-0.05, 0) is 26.7 Å². The van der Waals surface area contributed by atoms with E-state index in [1.807, 2.05) is 6.92 Å². The summed E-state index contributed by atoms with van der Waals surface area (Å²) in [5, 5.41) is 17.5. The SMILES string of the molecule is CCCC(NC(=O)OCC)C(CC(=O)NCCc1cn([C@@H]2CC(OP(=O)(O)OC)[C@H](CO)O2)c(=O)[nH]c1=O)NC(=O)OCC. The molecule has 6 N–H and O–H groups in total. The van der Waals surface area contributed by atoms with Crippen LogP contribution in [0.3, 0.4) is 0 Å². The van der Waals surface area contributed by atoms with E-state index in [1.54, 1.807) is 13.8 Å².